The van der Waals surface area contributed by atoms with E-state index in [4.69, 9.17) is 5.73 Å². The van der Waals surface area contributed by atoms with Crippen LogP contribution in [0.25, 0.3) is 0 Å². The van der Waals surface area contributed by atoms with Crippen molar-refractivity contribution < 1.29 is 5.11 Å². The highest BCUT2D eigenvalue weighted by Crippen LogP contribution is 2.31. The molecule has 4 N–H and O–H groups in total. The molecule has 0 unspecified atom stereocenters. The molecular formula is C13H20N2OS. The number of rotatable bonds is 3. The lowest BCUT2D eigenvalue weighted by Crippen LogP contribution is -2.43. The van der Waals surface area contributed by atoms with Gasteiger partial charge in [0, 0.05) is 16.3 Å². The number of nitrogens with two attached hydrogens (primary N) is 1. The van der Waals surface area contributed by atoms with Crippen molar-refractivity contribution in [3.63, 3.8) is 0 Å². The third-order valence-corrected chi connectivity index (χ3v) is 4.56. The van der Waals surface area contributed by atoms with Gasteiger partial charge in [-0.15, -0.1) is 11.8 Å². The van der Waals surface area contributed by atoms with Crippen LogP contribution in [0.1, 0.15) is 18.4 Å². The highest BCUT2D eigenvalue weighted by atomic mass is 32.2. The number of hydrogen-bond acceptors (Lipinski definition) is 4. The van der Waals surface area contributed by atoms with Crippen LogP contribution < -0.4 is 11.1 Å². The standard InChI is InChI=1S/C13H20N2OS/c1-10-2-3-12(11(14)8-10)17-9-13(16)4-6-15-7-5-13/h2-3,8,15-16H,4-7,9,14H2,1H3. The van der Waals surface area contributed by atoms with Gasteiger partial charge in [0.05, 0.1) is 5.60 Å². The Bertz CT molecular complexity index is 389. The van der Waals surface area contributed by atoms with E-state index in [2.05, 4.69) is 11.4 Å². The summed E-state index contributed by atoms with van der Waals surface area (Å²) in [5.41, 5.74) is 7.42. The van der Waals surface area contributed by atoms with Gasteiger partial charge in [-0.2, -0.15) is 0 Å². The van der Waals surface area contributed by atoms with E-state index in [-0.39, 0.29) is 0 Å². The van der Waals surface area contributed by atoms with Gasteiger partial charge >= 0.3 is 0 Å². The summed E-state index contributed by atoms with van der Waals surface area (Å²) in [6, 6.07) is 6.08. The molecule has 1 aliphatic heterocycles. The zero-order valence-electron chi connectivity index (χ0n) is 10.2. The van der Waals surface area contributed by atoms with Gasteiger partial charge in [-0.05, 0) is 50.6 Å². The Morgan fingerprint density at radius 1 is 1.41 bits per heavy atom. The molecule has 0 bridgehead atoms. The molecule has 3 nitrogen and oxygen atoms in total. The van der Waals surface area contributed by atoms with Crippen molar-refractivity contribution in [2.75, 3.05) is 24.6 Å². The molecule has 0 radical (unpaired) electrons. The minimum Gasteiger partial charge on any atom is -0.398 e. The fraction of sp³-hybridized carbons (Fsp3) is 0.538. The van der Waals surface area contributed by atoms with E-state index in [1.165, 1.54) is 5.56 Å². The van der Waals surface area contributed by atoms with Crippen molar-refractivity contribution >= 4 is 17.4 Å². The fourth-order valence-electron chi connectivity index (χ4n) is 2.05. The Morgan fingerprint density at radius 3 is 2.76 bits per heavy atom. The smallest absolute Gasteiger partial charge is 0.0765 e. The lowest BCUT2D eigenvalue weighted by atomic mass is 9.95. The van der Waals surface area contributed by atoms with E-state index in [1.54, 1.807) is 11.8 Å². The zero-order valence-corrected chi connectivity index (χ0v) is 11.0. The first-order valence-electron chi connectivity index (χ1n) is 6.01. The molecule has 1 aromatic rings. The van der Waals surface area contributed by atoms with Crippen LogP contribution in [0.2, 0.25) is 0 Å². The molecule has 4 heteroatoms. The summed E-state index contributed by atoms with van der Waals surface area (Å²) in [7, 11) is 0. The number of nitrogen functional groups attached to an aromatic ring is 1. The lowest BCUT2D eigenvalue weighted by molar-refractivity contribution is 0.0339. The summed E-state index contributed by atoms with van der Waals surface area (Å²) in [6.45, 7) is 3.84. The molecule has 1 saturated heterocycles. The van der Waals surface area contributed by atoms with Crippen molar-refractivity contribution in [2.24, 2.45) is 0 Å². The first kappa shape index (κ1) is 12.7. The summed E-state index contributed by atoms with van der Waals surface area (Å²) in [5, 5.41) is 13.6. The summed E-state index contributed by atoms with van der Waals surface area (Å²) in [6.07, 6.45) is 1.65. The zero-order chi connectivity index (χ0) is 12.3. The van der Waals surface area contributed by atoms with Crippen LogP contribution in [0.3, 0.4) is 0 Å². The molecule has 1 fully saturated rings. The predicted molar refractivity (Wildman–Crippen MR) is 73.4 cm³/mol. The second-order valence-electron chi connectivity index (χ2n) is 4.80. The van der Waals surface area contributed by atoms with Crippen LogP contribution in [0.4, 0.5) is 5.69 Å². The summed E-state index contributed by atoms with van der Waals surface area (Å²) < 4.78 is 0. The van der Waals surface area contributed by atoms with E-state index >= 15 is 0 Å². The third-order valence-electron chi connectivity index (χ3n) is 3.20. The Morgan fingerprint density at radius 2 is 2.12 bits per heavy atom. The Hall–Kier alpha value is -0.710. The molecule has 0 amide bonds. The van der Waals surface area contributed by atoms with Gasteiger partial charge in [0.1, 0.15) is 0 Å². The lowest BCUT2D eigenvalue weighted by Gasteiger charge is -2.32. The Balaban J connectivity index is 1.97. The predicted octanol–water partition coefficient (Wildman–Crippen LogP) is 1.78. The fourth-order valence-corrected chi connectivity index (χ4v) is 3.15. The van der Waals surface area contributed by atoms with Gasteiger partial charge in [0.25, 0.3) is 0 Å². The van der Waals surface area contributed by atoms with Crippen molar-refractivity contribution in [2.45, 2.75) is 30.3 Å². The molecule has 1 aromatic carbocycles. The Labute approximate surface area is 107 Å². The van der Waals surface area contributed by atoms with Gasteiger partial charge < -0.3 is 16.2 Å². The number of aryl methyl sites for hydroxylation is 1. The number of nitrogens with one attached hydrogen (secondary N) is 1. The summed E-state index contributed by atoms with van der Waals surface area (Å²) in [5.74, 6) is 0.724. The monoisotopic (exact) mass is 252 g/mol. The largest absolute Gasteiger partial charge is 0.398 e. The van der Waals surface area contributed by atoms with Crippen molar-refractivity contribution in [1.29, 1.82) is 0 Å². The molecule has 0 aliphatic carbocycles. The molecule has 1 aliphatic rings. The molecule has 2 rings (SSSR count). The van der Waals surface area contributed by atoms with E-state index in [9.17, 15) is 5.11 Å². The van der Waals surface area contributed by atoms with Crippen molar-refractivity contribution in [3.05, 3.63) is 23.8 Å². The van der Waals surface area contributed by atoms with E-state index in [0.717, 1.165) is 42.3 Å². The molecule has 1 heterocycles. The van der Waals surface area contributed by atoms with E-state index < -0.39 is 5.60 Å². The molecule has 0 aromatic heterocycles. The van der Waals surface area contributed by atoms with Gasteiger partial charge in [0.2, 0.25) is 0 Å². The van der Waals surface area contributed by atoms with Gasteiger partial charge in [-0.25, -0.2) is 0 Å². The summed E-state index contributed by atoms with van der Waals surface area (Å²) in [4.78, 5) is 1.07. The highest BCUT2D eigenvalue weighted by molar-refractivity contribution is 7.99. The van der Waals surface area contributed by atoms with Crippen LogP contribution in [0, 0.1) is 6.92 Å². The summed E-state index contributed by atoms with van der Waals surface area (Å²) >= 11 is 1.66. The molecular weight excluding hydrogens is 232 g/mol. The minimum atomic E-state index is -0.534. The number of anilines is 1. The molecule has 0 atom stereocenters. The second-order valence-corrected chi connectivity index (χ2v) is 5.82. The number of piperidine rings is 1. The molecule has 0 spiro atoms. The maximum atomic E-state index is 10.4. The average molecular weight is 252 g/mol. The van der Waals surface area contributed by atoms with Gasteiger partial charge in [0.15, 0.2) is 0 Å². The number of benzene rings is 1. The van der Waals surface area contributed by atoms with E-state index in [1.807, 2.05) is 19.1 Å². The van der Waals surface area contributed by atoms with Crippen molar-refractivity contribution in [1.82, 2.24) is 5.32 Å². The van der Waals surface area contributed by atoms with Crippen LogP contribution in [-0.2, 0) is 0 Å². The third kappa shape index (κ3) is 3.37. The maximum Gasteiger partial charge on any atom is 0.0765 e. The van der Waals surface area contributed by atoms with Gasteiger partial charge in [-0.3, -0.25) is 0 Å². The topological polar surface area (TPSA) is 58.3 Å². The maximum absolute atomic E-state index is 10.4. The number of hydrogen-bond donors (Lipinski definition) is 3. The highest BCUT2D eigenvalue weighted by Gasteiger charge is 2.29. The average Bonchev–Trinajstić information content (AvgIpc) is 2.29. The first-order chi connectivity index (χ1) is 8.09. The van der Waals surface area contributed by atoms with Crippen LogP contribution in [0.5, 0.6) is 0 Å². The van der Waals surface area contributed by atoms with Crippen LogP contribution in [-0.4, -0.2) is 29.5 Å². The van der Waals surface area contributed by atoms with Crippen LogP contribution in [0.15, 0.2) is 23.1 Å². The molecule has 94 valence electrons. The quantitative estimate of drug-likeness (QED) is 0.567. The number of thioether (sulfide) groups is 1. The SMILES string of the molecule is Cc1ccc(SCC2(O)CCNCC2)c(N)c1. The minimum absolute atomic E-state index is 0.534. The molecule has 0 saturated carbocycles. The van der Waals surface area contributed by atoms with Crippen molar-refractivity contribution in [3.8, 4) is 0 Å². The normalized spacial score (nSPS) is 19.2. The molecule has 17 heavy (non-hydrogen) atoms. The van der Waals surface area contributed by atoms with E-state index in [0.29, 0.717) is 0 Å². The first-order valence-corrected chi connectivity index (χ1v) is 7.00. The van der Waals surface area contributed by atoms with Gasteiger partial charge in [-0.1, -0.05) is 6.07 Å². The second kappa shape index (κ2) is 5.29. The van der Waals surface area contributed by atoms with Crippen LogP contribution >= 0.6 is 11.8 Å². The number of aliphatic hydroxyl groups is 1. The Kier molecular flexibility index (Phi) is 3.97.